The van der Waals surface area contributed by atoms with Crippen LogP contribution in [0.3, 0.4) is 0 Å². The molecule has 0 aromatic heterocycles. The van der Waals surface area contributed by atoms with Gasteiger partial charge in [-0.1, -0.05) is 12.1 Å². The molecule has 2 N–H and O–H groups in total. The summed E-state index contributed by atoms with van der Waals surface area (Å²) in [5.74, 6) is 0. The fourth-order valence-electron chi connectivity index (χ4n) is 1.45. The maximum atomic E-state index is 5.86. The highest BCUT2D eigenvalue weighted by molar-refractivity contribution is 5.67. The van der Waals surface area contributed by atoms with Crippen LogP contribution < -0.4 is 10.6 Å². The number of rotatable bonds is 2. The molecule has 3 heteroatoms. The molecule has 1 heterocycles. The van der Waals surface area contributed by atoms with Gasteiger partial charge in [0.1, 0.15) is 0 Å². The maximum Gasteiger partial charge on any atom is 0.0754 e. The van der Waals surface area contributed by atoms with E-state index in [2.05, 4.69) is 11.9 Å². The Balaban J connectivity index is 2.18. The summed E-state index contributed by atoms with van der Waals surface area (Å²) in [6.45, 7) is 1.62. The Morgan fingerprint density at radius 3 is 2.62 bits per heavy atom. The molecule has 0 saturated carbocycles. The molecule has 0 atom stereocenters. The third-order valence-corrected chi connectivity index (χ3v) is 2.48. The summed E-state index contributed by atoms with van der Waals surface area (Å²) < 4.78 is 5.13. The van der Waals surface area contributed by atoms with E-state index < -0.39 is 0 Å². The molecule has 1 fully saturated rings. The lowest BCUT2D eigenvalue weighted by molar-refractivity contribution is 0.0102. The minimum Gasteiger partial charge on any atom is -0.397 e. The predicted octanol–water partition coefficient (Wildman–Crippen LogP) is 1.10. The Morgan fingerprint density at radius 1 is 1.38 bits per heavy atom. The van der Waals surface area contributed by atoms with Gasteiger partial charge in [-0.3, -0.25) is 0 Å². The molecule has 0 radical (unpaired) electrons. The number of anilines is 2. The van der Waals surface area contributed by atoms with E-state index in [9.17, 15) is 0 Å². The topological polar surface area (TPSA) is 38.5 Å². The summed E-state index contributed by atoms with van der Waals surface area (Å²) in [7, 11) is 2.05. The number of likely N-dealkylation sites (N-methyl/N-ethyl adjacent to an activating group) is 1. The standard InChI is InChI=1S/C10H14N2O/c1-12(8-6-13-7-8)10-5-3-2-4-9(10)11/h2-5,8H,6-7,11H2,1H3. The molecule has 13 heavy (non-hydrogen) atoms. The summed E-state index contributed by atoms with van der Waals surface area (Å²) in [4.78, 5) is 2.18. The van der Waals surface area contributed by atoms with Gasteiger partial charge in [-0.15, -0.1) is 0 Å². The second-order valence-corrected chi connectivity index (χ2v) is 3.36. The molecule has 1 aromatic rings. The molecule has 1 aliphatic heterocycles. The van der Waals surface area contributed by atoms with Crippen LogP contribution in [0.5, 0.6) is 0 Å². The summed E-state index contributed by atoms with van der Waals surface area (Å²) in [5.41, 5.74) is 7.78. The lowest BCUT2D eigenvalue weighted by Crippen LogP contribution is -2.47. The summed E-state index contributed by atoms with van der Waals surface area (Å²) >= 11 is 0. The zero-order chi connectivity index (χ0) is 9.26. The summed E-state index contributed by atoms with van der Waals surface area (Å²) in [6, 6.07) is 8.40. The van der Waals surface area contributed by atoms with Gasteiger partial charge in [0.05, 0.1) is 30.6 Å². The highest BCUT2D eigenvalue weighted by atomic mass is 16.5. The van der Waals surface area contributed by atoms with Gasteiger partial charge in [-0.25, -0.2) is 0 Å². The zero-order valence-corrected chi connectivity index (χ0v) is 7.73. The van der Waals surface area contributed by atoms with Gasteiger partial charge in [-0.05, 0) is 12.1 Å². The quantitative estimate of drug-likeness (QED) is 0.689. The Hall–Kier alpha value is -1.22. The van der Waals surface area contributed by atoms with Gasteiger partial charge >= 0.3 is 0 Å². The van der Waals surface area contributed by atoms with Gasteiger partial charge in [0.25, 0.3) is 0 Å². The van der Waals surface area contributed by atoms with Gasteiger partial charge < -0.3 is 15.4 Å². The minimum atomic E-state index is 0.490. The van der Waals surface area contributed by atoms with Crippen molar-refractivity contribution >= 4 is 11.4 Å². The van der Waals surface area contributed by atoms with Crippen LogP contribution in [-0.4, -0.2) is 26.3 Å². The summed E-state index contributed by atoms with van der Waals surface area (Å²) in [6.07, 6.45) is 0. The van der Waals surface area contributed by atoms with Crippen LogP contribution >= 0.6 is 0 Å². The lowest BCUT2D eigenvalue weighted by atomic mass is 10.2. The third-order valence-electron chi connectivity index (χ3n) is 2.48. The van der Waals surface area contributed by atoms with E-state index in [4.69, 9.17) is 10.5 Å². The highest BCUT2D eigenvalue weighted by Gasteiger charge is 2.23. The zero-order valence-electron chi connectivity index (χ0n) is 7.73. The molecule has 1 saturated heterocycles. The molecule has 0 aliphatic carbocycles. The van der Waals surface area contributed by atoms with Crippen LogP contribution in [0.4, 0.5) is 11.4 Å². The molecule has 0 bridgehead atoms. The Morgan fingerprint density at radius 2 is 2.08 bits per heavy atom. The number of benzene rings is 1. The first-order chi connectivity index (χ1) is 6.29. The first-order valence-electron chi connectivity index (χ1n) is 4.44. The van der Waals surface area contributed by atoms with Crippen LogP contribution in [0, 0.1) is 0 Å². The summed E-state index contributed by atoms with van der Waals surface area (Å²) in [5, 5.41) is 0. The lowest BCUT2D eigenvalue weighted by Gasteiger charge is -2.36. The second-order valence-electron chi connectivity index (χ2n) is 3.36. The van der Waals surface area contributed by atoms with Crippen molar-refractivity contribution in [1.82, 2.24) is 0 Å². The van der Waals surface area contributed by atoms with E-state index in [1.54, 1.807) is 0 Å². The van der Waals surface area contributed by atoms with Gasteiger partial charge in [-0.2, -0.15) is 0 Å². The van der Waals surface area contributed by atoms with E-state index in [0.717, 1.165) is 24.6 Å². The highest BCUT2D eigenvalue weighted by Crippen LogP contribution is 2.24. The van der Waals surface area contributed by atoms with E-state index in [1.807, 2.05) is 24.3 Å². The average molecular weight is 178 g/mol. The number of hydrogen-bond donors (Lipinski definition) is 1. The molecule has 70 valence electrons. The molecule has 3 nitrogen and oxygen atoms in total. The SMILES string of the molecule is CN(c1ccccc1N)C1COC1. The van der Waals surface area contributed by atoms with Crippen molar-refractivity contribution in [3.05, 3.63) is 24.3 Å². The second kappa shape index (κ2) is 3.26. The van der Waals surface area contributed by atoms with Gasteiger partial charge in [0.2, 0.25) is 0 Å². The van der Waals surface area contributed by atoms with Crippen molar-refractivity contribution in [2.45, 2.75) is 6.04 Å². The van der Waals surface area contributed by atoms with Crippen molar-refractivity contribution in [1.29, 1.82) is 0 Å². The molecule has 0 amide bonds. The van der Waals surface area contributed by atoms with E-state index in [0.29, 0.717) is 6.04 Å². The van der Waals surface area contributed by atoms with E-state index in [-0.39, 0.29) is 0 Å². The molecule has 0 spiro atoms. The van der Waals surface area contributed by atoms with Crippen molar-refractivity contribution in [3.8, 4) is 0 Å². The fourth-order valence-corrected chi connectivity index (χ4v) is 1.45. The van der Waals surface area contributed by atoms with E-state index >= 15 is 0 Å². The maximum absolute atomic E-state index is 5.86. The Labute approximate surface area is 78.1 Å². The first kappa shape index (κ1) is 8.38. The molecule has 0 unspecified atom stereocenters. The molecule has 2 rings (SSSR count). The number of ether oxygens (including phenoxy) is 1. The van der Waals surface area contributed by atoms with Crippen LogP contribution in [0.15, 0.2) is 24.3 Å². The number of nitrogens with two attached hydrogens (primary N) is 1. The van der Waals surface area contributed by atoms with Crippen molar-refractivity contribution < 1.29 is 4.74 Å². The van der Waals surface area contributed by atoms with Crippen LogP contribution in [0.2, 0.25) is 0 Å². The number of para-hydroxylation sites is 2. The number of nitrogens with zero attached hydrogens (tertiary/aromatic N) is 1. The van der Waals surface area contributed by atoms with Crippen molar-refractivity contribution in [3.63, 3.8) is 0 Å². The van der Waals surface area contributed by atoms with Crippen LogP contribution in [-0.2, 0) is 4.74 Å². The van der Waals surface area contributed by atoms with E-state index in [1.165, 1.54) is 0 Å². The Bertz CT molecular complexity index is 297. The molecular formula is C10H14N2O. The van der Waals surface area contributed by atoms with Crippen molar-refractivity contribution in [2.75, 3.05) is 30.9 Å². The fraction of sp³-hybridized carbons (Fsp3) is 0.400. The Kier molecular flexibility index (Phi) is 2.10. The number of hydrogen-bond acceptors (Lipinski definition) is 3. The van der Waals surface area contributed by atoms with Gasteiger partial charge in [0, 0.05) is 7.05 Å². The number of nitrogen functional groups attached to an aromatic ring is 1. The minimum absolute atomic E-state index is 0.490. The monoisotopic (exact) mass is 178 g/mol. The average Bonchev–Trinajstić information content (AvgIpc) is 2.01. The largest absolute Gasteiger partial charge is 0.397 e. The van der Waals surface area contributed by atoms with Crippen LogP contribution in [0.1, 0.15) is 0 Å². The normalized spacial score (nSPS) is 16.7. The van der Waals surface area contributed by atoms with Crippen LogP contribution in [0.25, 0.3) is 0 Å². The van der Waals surface area contributed by atoms with Gasteiger partial charge in [0.15, 0.2) is 0 Å². The first-order valence-corrected chi connectivity index (χ1v) is 4.44. The smallest absolute Gasteiger partial charge is 0.0754 e. The molecule has 1 aliphatic rings. The molecular weight excluding hydrogens is 164 g/mol. The predicted molar refractivity (Wildman–Crippen MR) is 53.9 cm³/mol. The van der Waals surface area contributed by atoms with Crippen molar-refractivity contribution in [2.24, 2.45) is 0 Å². The molecule has 1 aromatic carbocycles. The third kappa shape index (κ3) is 1.47.